The van der Waals surface area contributed by atoms with Gasteiger partial charge in [-0.2, -0.15) is 0 Å². The maximum absolute atomic E-state index is 12.6. The van der Waals surface area contributed by atoms with Gasteiger partial charge in [0.1, 0.15) is 5.84 Å². The maximum Gasteiger partial charge on any atom is 0.253 e. The third kappa shape index (κ3) is 7.28. The van der Waals surface area contributed by atoms with Crippen LogP contribution in [0.3, 0.4) is 0 Å². The number of nitrogens with zero attached hydrogens (tertiary/aromatic N) is 2. The van der Waals surface area contributed by atoms with Crippen molar-refractivity contribution in [3.63, 3.8) is 0 Å². The number of nitrogens with one attached hydrogen (secondary N) is 1. The Bertz CT molecular complexity index is 1050. The van der Waals surface area contributed by atoms with Crippen LogP contribution in [0.5, 0.6) is 0 Å². The summed E-state index contributed by atoms with van der Waals surface area (Å²) in [5.74, 6) is 0.415. The first kappa shape index (κ1) is 27.8. The summed E-state index contributed by atoms with van der Waals surface area (Å²) >= 11 is 0. The molecule has 0 aliphatic carbocycles. The molecule has 6 nitrogen and oxygen atoms in total. The molecule has 0 atom stereocenters. The number of rotatable bonds is 5. The summed E-state index contributed by atoms with van der Waals surface area (Å²) in [6.07, 6.45) is 5.24. The fourth-order valence-corrected chi connectivity index (χ4v) is 3.98. The van der Waals surface area contributed by atoms with E-state index in [1.165, 1.54) is 0 Å². The summed E-state index contributed by atoms with van der Waals surface area (Å²) in [5.41, 5.74) is 11.0. The van der Waals surface area contributed by atoms with Gasteiger partial charge in [0.2, 0.25) is 5.91 Å². The van der Waals surface area contributed by atoms with E-state index in [-0.39, 0.29) is 11.8 Å². The van der Waals surface area contributed by atoms with E-state index < -0.39 is 0 Å². The van der Waals surface area contributed by atoms with Crippen molar-refractivity contribution in [2.45, 2.75) is 60.3 Å². The number of nitrogens with two attached hydrogens (primary N) is 1. The minimum absolute atomic E-state index is 0.0994. The van der Waals surface area contributed by atoms with Crippen LogP contribution < -0.4 is 11.1 Å². The van der Waals surface area contributed by atoms with E-state index in [1.54, 1.807) is 0 Å². The number of carbonyl (C=O) groups excluding carboxylic acids is 2. The van der Waals surface area contributed by atoms with Crippen molar-refractivity contribution in [1.82, 2.24) is 10.2 Å². The van der Waals surface area contributed by atoms with Gasteiger partial charge in [-0.1, -0.05) is 58.9 Å². The number of aliphatic imine (C=N–C) groups is 1. The van der Waals surface area contributed by atoms with Crippen LogP contribution in [-0.2, 0) is 4.79 Å². The van der Waals surface area contributed by atoms with Gasteiger partial charge in [0, 0.05) is 42.8 Å². The molecular formula is C29H40N4O2. The molecule has 2 heterocycles. The van der Waals surface area contributed by atoms with Crippen molar-refractivity contribution in [2.24, 2.45) is 10.7 Å². The van der Waals surface area contributed by atoms with Gasteiger partial charge in [0.05, 0.1) is 5.69 Å². The molecule has 2 aromatic rings. The second-order valence-corrected chi connectivity index (χ2v) is 8.06. The largest absolute Gasteiger partial charge is 0.387 e. The summed E-state index contributed by atoms with van der Waals surface area (Å²) in [6, 6.07) is 13.6. The molecule has 188 valence electrons. The SMILES string of the molecule is CC.CC.CCCNC(=O)C1=Cc2ccc(-c3ccc(C(=O)N4CCCC4)cc3)cc2N=C(N)C1. The predicted molar refractivity (Wildman–Crippen MR) is 147 cm³/mol. The number of hydrogen-bond donors (Lipinski definition) is 2. The molecule has 0 unspecified atom stereocenters. The highest BCUT2D eigenvalue weighted by atomic mass is 16.2. The molecule has 0 saturated carbocycles. The van der Waals surface area contributed by atoms with Crippen LogP contribution in [-0.4, -0.2) is 42.2 Å². The van der Waals surface area contributed by atoms with E-state index in [0.717, 1.165) is 54.7 Å². The van der Waals surface area contributed by atoms with Gasteiger partial charge in [-0.25, -0.2) is 4.99 Å². The van der Waals surface area contributed by atoms with Crippen molar-refractivity contribution >= 4 is 29.4 Å². The molecule has 2 amide bonds. The van der Waals surface area contributed by atoms with Gasteiger partial charge >= 0.3 is 0 Å². The lowest BCUT2D eigenvalue weighted by Crippen LogP contribution is -2.27. The molecule has 1 fully saturated rings. The maximum atomic E-state index is 12.6. The summed E-state index contributed by atoms with van der Waals surface area (Å²) in [4.78, 5) is 31.4. The molecule has 0 radical (unpaired) electrons. The quantitative estimate of drug-likeness (QED) is 0.559. The Balaban J connectivity index is 0.00000103. The average Bonchev–Trinajstić information content (AvgIpc) is 3.39. The Hall–Kier alpha value is -3.41. The number of hydrogen-bond acceptors (Lipinski definition) is 4. The topological polar surface area (TPSA) is 87.8 Å². The molecule has 6 heteroatoms. The van der Waals surface area contributed by atoms with Crippen molar-refractivity contribution in [1.29, 1.82) is 0 Å². The molecule has 2 aromatic carbocycles. The lowest BCUT2D eigenvalue weighted by Gasteiger charge is -2.15. The van der Waals surface area contributed by atoms with E-state index >= 15 is 0 Å². The van der Waals surface area contributed by atoms with E-state index in [2.05, 4.69) is 10.3 Å². The fraction of sp³-hybridized carbons (Fsp3) is 0.414. The number of likely N-dealkylation sites (tertiary alicyclic amines) is 1. The molecule has 2 aliphatic rings. The van der Waals surface area contributed by atoms with E-state index in [1.807, 2.05) is 88.1 Å². The van der Waals surface area contributed by atoms with Gasteiger partial charge in [-0.15, -0.1) is 0 Å². The average molecular weight is 477 g/mol. The standard InChI is InChI=1S/C25H28N4O2.2C2H6/c1-2-11-27-24(30)21-14-20-10-9-19(15-22(20)28-23(26)16-21)17-5-7-18(8-6-17)25(31)29-12-3-4-13-29;2*1-2/h5-10,14-15H,2-4,11-13,16H2,1H3,(H2,26,28)(H,27,30);2*1-2H3. The fourth-order valence-electron chi connectivity index (χ4n) is 3.98. The van der Waals surface area contributed by atoms with Crippen LogP contribution in [0, 0.1) is 0 Å². The predicted octanol–water partition coefficient (Wildman–Crippen LogP) is 5.94. The minimum atomic E-state index is -0.102. The number of benzene rings is 2. The van der Waals surface area contributed by atoms with Crippen LogP contribution in [0.25, 0.3) is 17.2 Å². The Labute approximate surface area is 210 Å². The molecule has 0 spiro atoms. The first-order valence-electron chi connectivity index (χ1n) is 12.9. The minimum Gasteiger partial charge on any atom is -0.387 e. The van der Waals surface area contributed by atoms with Crippen LogP contribution in [0.15, 0.2) is 53.0 Å². The molecule has 35 heavy (non-hydrogen) atoms. The van der Waals surface area contributed by atoms with E-state index in [0.29, 0.717) is 29.9 Å². The molecule has 3 N–H and O–H groups in total. The van der Waals surface area contributed by atoms with Gasteiger partial charge < -0.3 is 16.0 Å². The van der Waals surface area contributed by atoms with Crippen molar-refractivity contribution in [3.8, 4) is 11.1 Å². The lowest BCUT2D eigenvalue weighted by molar-refractivity contribution is -0.117. The van der Waals surface area contributed by atoms with Gasteiger partial charge in [-0.3, -0.25) is 9.59 Å². The van der Waals surface area contributed by atoms with Crippen molar-refractivity contribution in [3.05, 3.63) is 59.2 Å². The highest BCUT2D eigenvalue weighted by molar-refractivity contribution is 6.05. The second-order valence-electron chi connectivity index (χ2n) is 8.06. The Morgan fingerprint density at radius 1 is 0.971 bits per heavy atom. The molecule has 4 rings (SSSR count). The first-order chi connectivity index (χ1) is 17.0. The molecule has 0 bridgehead atoms. The molecule has 1 saturated heterocycles. The highest BCUT2D eigenvalue weighted by Gasteiger charge is 2.20. The Morgan fingerprint density at radius 2 is 1.60 bits per heavy atom. The number of amides is 2. The molecular weight excluding hydrogens is 436 g/mol. The zero-order valence-corrected chi connectivity index (χ0v) is 21.9. The lowest BCUT2D eigenvalue weighted by atomic mass is 10.00. The van der Waals surface area contributed by atoms with Crippen molar-refractivity contribution < 1.29 is 9.59 Å². The third-order valence-corrected chi connectivity index (χ3v) is 5.68. The van der Waals surface area contributed by atoms with Crippen LogP contribution in [0.1, 0.15) is 76.2 Å². The summed E-state index contributed by atoms with van der Waals surface area (Å²) < 4.78 is 0. The van der Waals surface area contributed by atoms with E-state index in [4.69, 9.17) is 5.73 Å². The number of amidine groups is 1. The smallest absolute Gasteiger partial charge is 0.253 e. The molecule has 0 aromatic heterocycles. The van der Waals surface area contributed by atoms with Gasteiger partial charge in [0.15, 0.2) is 0 Å². The van der Waals surface area contributed by atoms with Gasteiger partial charge in [0.25, 0.3) is 5.91 Å². The first-order valence-corrected chi connectivity index (χ1v) is 12.9. The monoisotopic (exact) mass is 476 g/mol. The van der Waals surface area contributed by atoms with E-state index in [9.17, 15) is 9.59 Å². The Kier molecular flexibility index (Phi) is 11.2. The van der Waals surface area contributed by atoms with Crippen LogP contribution in [0.2, 0.25) is 0 Å². The van der Waals surface area contributed by atoms with Crippen LogP contribution in [0.4, 0.5) is 5.69 Å². The number of carbonyl (C=O) groups is 2. The van der Waals surface area contributed by atoms with Crippen LogP contribution >= 0.6 is 0 Å². The molecule has 2 aliphatic heterocycles. The Morgan fingerprint density at radius 3 is 2.23 bits per heavy atom. The zero-order chi connectivity index (χ0) is 25.8. The second kappa shape index (κ2) is 14.1. The van der Waals surface area contributed by atoms with Crippen molar-refractivity contribution in [2.75, 3.05) is 19.6 Å². The summed E-state index contributed by atoms with van der Waals surface area (Å²) in [5, 5.41) is 2.90. The highest BCUT2D eigenvalue weighted by Crippen LogP contribution is 2.32. The third-order valence-electron chi connectivity index (χ3n) is 5.68. The normalized spacial score (nSPS) is 14.1. The number of fused-ring (bicyclic) bond motifs is 1. The zero-order valence-electron chi connectivity index (χ0n) is 21.9. The summed E-state index contributed by atoms with van der Waals surface area (Å²) in [6.45, 7) is 12.3. The van der Waals surface area contributed by atoms with Gasteiger partial charge in [-0.05, 0) is 54.7 Å². The summed E-state index contributed by atoms with van der Waals surface area (Å²) in [7, 11) is 0.